The standard InChI is InChI=1S/C54H34N4O10S4/c59-31-7-17-39-45(23-31)67-46-24-32(60)8-18-40(46)49(39)37-15-5-30(22-44(37)52(65)66)58-54(70)56-28-3-13-36(14-4-28)72-71-35-11-1-27(2-12-35)55-53(69)57-29-6-16-38(51(63)64)43(21-29)50-41-19-9-33(61)25-47(41)68-48-26-34(62)10-20-42(48)50/h1-26,59,61H,(H,63,64)(H,65,66)(H2,55,57,69)(H2,56,58,70). The van der Waals surface area contributed by atoms with Crippen LogP contribution in [0.2, 0.25) is 0 Å². The largest absolute Gasteiger partial charge is 0.508 e. The van der Waals surface area contributed by atoms with Gasteiger partial charge >= 0.3 is 11.9 Å². The third-order valence-electron chi connectivity index (χ3n) is 11.4. The first kappa shape index (κ1) is 47.0. The second-order valence-corrected chi connectivity index (χ2v) is 19.2. The first-order valence-corrected chi connectivity index (χ1v) is 24.5. The van der Waals surface area contributed by atoms with Gasteiger partial charge in [-0.05, 0) is 163 Å². The highest BCUT2D eigenvalue weighted by Crippen LogP contribution is 2.45. The number of carbonyl (C=O) groups is 2. The van der Waals surface area contributed by atoms with E-state index in [9.17, 15) is 39.6 Å². The van der Waals surface area contributed by atoms with E-state index in [1.807, 2.05) is 48.5 Å². The summed E-state index contributed by atoms with van der Waals surface area (Å²) in [5.41, 5.74) is 5.18. The number of fused-ring (bicyclic) bond motifs is 4. The van der Waals surface area contributed by atoms with Gasteiger partial charge in [0.25, 0.3) is 0 Å². The van der Waals surface area contributed by atoms with Gasteiger partial charge in [-0.2, -0.15) is 0 Å². The highest BCUT2D eigenvalue weighted by molar-refractivity contribution is 8.76. The Morgan fingerprint density at radius 2 is 0.847 bits per heavy atom. The second-order valence-electron chi connectivity index (χ2n) is 16.1. The number of thiocarbonyl (C=S) groups is 2. The van der Waals surface area contributed by atoms with Crippen LogP contribution in [-0.4, -0.2) is 42.6 Å². The number of hydrogen-bond donors (Lipinski definition) is 8. The van der Waals surface area contributed by atoms with Crippen LogP contribution in [0.15, 0.2) is 186 Å². The lowest BCUT2D eigenvalue weighted by Gasteiger charge is -2.18. The molecule has 72 heavy (non-hydrogen) atoms. The van der Waals surface area contributed by atoms with Gasteiger partial charge in [-0.15, -0.1) is 0 Å². The molecule has 0 saturated carbocycles. The number of carboxylic acids is 2. The van der Waals surface area contributed by atoms with Crippen molar-refractivity contribution in [3.8, 4) is 56.4 Å². The van der Waals surface area contributed by atoms with E-state index >= 15 is 0 Å². The first-order chi connectivity index (χ1) is 34.7. The van der Waals surface area contributed by atoms with Crippen molar-refractivity contribution in [3.63, 3.8) is 0 Å². The van der Waals surface area contributed by atoms with Crippen LogP contribution in [0.3, 0.4) is 0 Å². The first-order valence-electron chi connectivity index (χ1n) is 21.6. The molecule has 0 aromatic heterocycles. The van der Waals surface area contributed by atoms with E-state index in [1.54, 1.807) is 70.1 Å². The molecule has 0 bridgehead atoms. The van der Waals surface area contributed by atoms with Crippen molar-refractivity contribution in [3.05, 3.63) is 189 Å². The fraction of sp³-hybridized carbons (Fsp3) is 0. The van der Waals surface area contributed by atoms with E-state index in [0.717, 1.165) is 9.79 Å². The maximum Gasteiger partial charge on any atom is 0.336 e. The summed E-state index contributed by atoms with van der Waals surface area (Å²) in [6.45, 7) is 0. The highest BCUT2D eigenvalue weighted by Gasteiger charge is 2.25. The number of benzene rings is 8. The Morgan fingerprint density at radius 1 is 0.431 bits per heavy atom. The van der Waals surface area contributed by atoms with Crippen LogP contribution in [0.1, 0.15) is 20.7 Å². The summed E-state index contributed by atoms with van der Waals surface area (Å²) in [7, 11) is 3.11. The lowest BCUT2D eigenvalue weighted by atomic mass is 9.90. The summed E-state index contributed by atoms with van der Waals surface area (Å²) in [6, 6.07) is 42.6. The maximum absolute atomic E-state index is 12.7. The number of phenolic OH excluding ortho intramolecular Hbond substituents is 2. The summed E-state index contributed by atoms with van der Waals surface area (Å²) < 4.78 is 11.9. The number of carboxylic acid groups (broad SMARTS) is 2. The molecule has 0 saturated heterocycles. The molecule has 0 unspecified atom stereocenters. The molecule has 10 rings (SSSR count). The van der Waals surface area contributed by atoms with E-state index in [0.29, 0.717) is 66.9 Å². The summed E-state index contributed by atoms with van der Waals surface area (Å²) in [5.74, 6) is -1.94. The zero-order chi connectivity index (χ0) is 50.2. The fourth-order valence-electron chi connectivity index (χ4n) is 8.20. The molecule has 14 nitrogen and oxygen atoms in total. The van der Waals surface area contributed by atoms with Crippen LogP contribution in [0.5, 0.6) is 11.5 Å². The van der Waals surface area contributed by atoms with Crippen molar-refractivity contribution in [1.29, 1.82) is 0 Å². The van der Waals surface area contributed by atoms with Gasteiger partial charge in [0.05, 0.1) is 11.1 Å². The second kappa shape index (κ2) is 19.6. The minimum Gasteiger partial charge on any atom is -0.508 e. The van der Waals surface area contributed by atoms with E-state index in [2.05, 4.69) is 21.3 Å². The Bertz CT molecular complexity index is 3900. The Balaban J connectivity index is 0.765. The van der Waals surface area contributed by atoms with Gasteiger partial charge in [-0.25, -0.2) is 9.59 Å². The molecular formula is C54H34N4O10S4. The van der Waals surface area contributed by atoms with E-state index in [-0.39, 0.29) is 66.4 Å². The van der Waals surface area contributed by atoms with Crippen molar-refractivity contribution in [2.45, 2.75) is 9.79 Å². The molecule has 0 radical (unpaired) electrons. The van der Waals surface area contributed by atoms with Crippen LogP contribution in [0.4, 0.5) is 22.7 Å². The predicted molar refractivity (Wildman–Crippen MR) is 291 cm³/mol. The normalized spacial score (nSPS) is 11.2. The highest BCUT2D eigenvalue weighted by atomic mass is 33.1. The Kier molecular flexibility index (Phi) is 12.8. The van der Waals surface area contributed by atoms with Gasteiger partial charge in [0, 0.05) is 89.8 Å². The molecule has 0 amide bonds. The average Bonchev–Trinajstić information content (AvgIpc) is 3.34. The minimum absolute atomic E-state index is 0.0129. The van der Waals surface area contributed by atoms with Gasteiger partial charge < -0.3 is 50.5 Å². The van der Waals surface area contributed by atoms with Crippen molar-refractivity contribution >= 4 is 113 Å². The zero-order valence-corrected chi connectivity index (χ0v) is 40.1. The number of aromatic carboxylic acids is 2. The molecule has 2 aliphatic carbocycles. The van der Waals surface area contributed by atoms with Crippen LogP contribution < -0.4 is 32.1 Å². The van der Waals surface area contributed by atoms with E-state index in [4.69, 9.17) is 33.3 Å². The third-order valence-corrected chi connectivity index (χ3v) is 14.2. The molecule has 2 heterocycles. The van der Waals surface area contributed by atoms with Gasteiger partial charge in [-0.3, -0.25) is 9.59 Å². The number of anilines is 4. The molecule has 354 valence electrons. The topological polar surface area (TPSA) is 224 Å². The molecule has 0 fully saturated rings. The maximum atomic E-state index is 12.7. The fourth-order valence-corrected chi connectivity index (χ4v) is 10.6. The van der Waals surface area contributed by atoms with Gasteiger partial charge in [-0.1, -0.05) is 27.7 Å². The van der Waals surface area contributed by atoms with Crippen molar-refractivity contribution < 1.29 is 38.8 Å². The molecule has 4 aliphatic rings. The monoisotopic (exact) mass is 1030 g/mol. The van der Waals surface area contributed by atoms with Gasteiger partial charge in [0.2, 0.25) is 0 Å². The molecule has 2 aliphatic heterocycles. The Morgan fingerprint density at radius 3 is 1.33 bits per heavy atom. The summed E-state index contributed by atoms with van der Waals surface area (Å²) in [5, 5.41) is 55.0. The molecule has 0 spiro atoms. The molecule has 8 N–H and O–H groups in total. The van der Waals surface area contributed by atoms with Crippen LogP contribution in [0.25, 0.3) is 66.8 Å². The van der Waals surface area contributed by atoms with Crippen LogP contribution in [0, 0.1) is 0 Å². The minimum atomic E-state index is -1.18. The summed E-state index contributed by atoms with van der Waals surface area (Å²) >= 11 is 11.2. The van der Waals surface area contributed by atoms with Crippen LogP contribution >= 0.6 is 46.0 Å². The number of hydrogen-bond acceptors (Lipinski definition) is 12. The quantitative estimate of drug-likeness (QED) is 0.0343. The molecule has 18 heteroatoms. The average molecular weight is 1030 g/mol. The van der Waals surface area contributed by atoms with Crippen molar-refractivity contribution in [2.75, 3.05) is 21.3 Å². The summed E-state index contributed by atoms with van der Waals surface area (Å²) in [4.78, 5) is 51.6. The number of phenols is 2. The predicted octanol–water partition coefficient (Wildman–Crippen LogP) is 12.7. The third kappa shape index (κ3) is 9.87. The summed E-state index contributed by atoms with van der Waals surface area (Å²) in [6.07, 6.45) is 0. The molecular weight excluding hydrogens is 993 g/mol. The van der Waals surface area contributed by atoms with E-state index in [1.165, 1.54) is 60.7 Å². The molecule has 6 aromatic rings. The van der Waals surface area contributed by atoms with Crippen LogP contribution in [-0.2, 0) is 0 Å². The number of nitrogens with one attached hydrogen (secondary N) is 4. The zero-order valence-electron chi connectivity index (χ0n) is 36.9. The van der Waals surface area contributed by atoms with Crippen molar-refractivity contribution in [2.24, 2.45) is 0 Å². The van der Waals surface area contributed by atoms with Crippen molar-refractivity contribution in [1.82, 2.24) is 0 Å². The molecule has 6 aromatic carbocycles. The number of rotatable bonds is 11. The smallest absolute Gasteiger partial charge is 0.336 e. The lowest BCUT2D eigenvalue weighted by Crippen LogP contribution is -2.19. The lowest BCUT2D eigenvalue weighted by molar-refractivity contribution is 0.0687. The number of aromatic hydroxyl groups is 2. The van der Waals surface area contributed by atoms with E-state index < -0.39 is 11.9 Å². The van der Waals surface area contributed by atoms with Gasteiger partial charge in [0.1, 0.15) is 34.2 Å². The SMILES string of the molecule is O=C(O)c1cc(NC(=S)Nc2ccc(SSc3ccc(NC(=S)Nc4ccc(C(=O)O)c(-c5c6ccc(=O)cc-6oc6cc(O)ccc56)c4)cc3)cc2)ccc1-c1c2ccc(=O)cc-2oc2cc(O)ccc12. The van der Waals surface area contributed by atoms with Gasteiger partial charge in [0.15, 0.2) is 21.1 Å². The Labute approximate surface area is 426 Å². The Hall–Kier alpha value is -8.68. The molecule has 0 atom stereocenters.